The van der Waals surface area contributed by atoms with Crippen molar-refractivity contribution in [2.75, 3.05) is 13.2 Å². The lowest BCUT2D eigenvalue weighted by Crippen LogP contribution is -2.41. The van der Waals surface area contributed by atoms with Crippen LogP contribution < -0.4 is 4.74 Å². The van der Waals surface area contributed by atoms with Gasteiger partial charge >= 0.3 is 5.97 Å². The number of rotatable bonds is 5. The highest BCUT2D eigenvalue weighted by Crippen LogP contribution is 2.61. The smallest absolute Gasteiger partial charge is 0.308 e. The van der Waals surface area contributed by atoms with E-state index in [9.17, 15) is 14.7 Å². The topological polar surface area (TPSA) is 66.8 Å². The molecule has 1 aliphatic heterocycles. The average Bonchev–Trinajstić information content (AvgIpc) is 3.48. The Balaban J connectivity index is 1.55. The van der Waals surface area contributed by atoms with E-state index in [-0.39, 0.29) is 23.3 Å². The summed E-state index contributed by atoms with van der Waals surface area (Å²) in [7, 11) is 0. The largest absolute Gasteiger partial charge is 0.493 e. The molecule has 1 spiro atoms. The van der Waals surface area contributed by atoms with Gasteiger partial charge in [-0.25, -0.2) is 0 Å². The molecule has 1 aromatic rings. The Morgan fingerprint density at radius 1 is 1.38 bits per heavy atom. The Kier molecular flexibility index (Phi) is 3.55. The van der Waals surface area contributed by atoms with Crippen molar-refractivity contribution < 1.29 is 19.4 Å². The van der Waals surface area contributed by atoms with Gasteiger partial charge in [0.2, 0.25) is 5.91 Å². The number of nitrogens with zero attached hydrogens (tertiary/aromatic N) is 1. The first-order valence-electron chi connectivity index (χ1n) is 8.78. The van der Waals surface area contributed by atoms with Crippen molar-refractivity contribution in [3.8, 4) is 5.75 Å². The van der Waals surface area contributed by atoms with Gasteiger partial charge in [-0.15, -0.1) is 0 Å². The Morgan fingerprint density at radius 3 is 2.83 bits per heavy atom. The lowest BCUT2D eigenvalue weighted by molar-refractivity contribution is -0.143. The fourth-order valence-corrected chi connectivity index (χ4v) is 4.06. The number of hydrogen-bond acceptors (Lipinski definition) is 3. The van der Waals surface area contributed by atoms with Gasteiger partial charge in [0, 0.05) is 29.5 Å². The second-order valence-corrected chi connectivity index (χ2v) is 7.47. The molecular formula is C19H23NO4. The summed E-state index contributed by atoms with van der Waals surface area (Å²) in [5, 5.41) is 9.19. The van der Waals surface area contributed by atoms with E-state index >= 15 is 0 Å². The molecule has 0 aromatic heterocycles. The molecule has 3 aliphatic rings. The van der Waals surface area contributed by atoms with Crippen molar-refractivity contribution in [3.63, 3.8) is 0 Å². The third-order valence-electron chi connectivity index (χ3n) is 5.77. The molecule has 3 atom stereocenters. The molecule has 2 aliphatic carbocycles. The predicted octanol–water partition coefficient (Wildman–Crippen LogP) is 2.44. The van der Waals surface area contributed by atoms with Crippen LogP contribution in [0.25, 0.3) is 0 Å². The maximum absolute atomic E-state index is 13.1. The summed E-state index contributed by atoms with van der Waals surface area (Å²) < 4.78 is 5.74. The van der Waals surface area contributed by atoms with Crippen LogP contribution in [0, 0.1) is 11.8 Å². The van der Waals surface area contributed by atoms with Gasteiger partial charge < -0.3 is 14.7 Å². The fraction of sp³-hybridized carbons (Fsp3) is 0.579. The molecule has 1 N–H and O–H groups in total. The number of fused-ring (bicyclic) bond motifs is 2. The normalized spacial score (nSPS) is 28.6. The van der Waals surface area contributed by atoms with E-state index < -0.39 is 11.9 Å². The number of ether oxygens (including phenoxy) is 1. The number of aliphatic carboxylic acids is 1. The van der Waals surface area contributed by atoms with Crippen LogP contribution in [-0.2, 0) is 15.0 Å². The van der Waals surface area contributed by atoms with Gasteiger partial charge in [0.05, 0.1) is 12.5 Å². The Labute approximate surface area is 141 Å². The maximum atomic E-state index is 13.1. The van der Waals surface area contributed by atoms with Crippen molar-refractivity contribution in [2.45, 2.75) is 44.1 Å². The van der Waals surface area contributed by atoms with E-state index in [0.717, 1.165) is 37.0 Å². The number of carbonyl (C=O) groups is 2. The zero-order valence-corrected chi connectivity index (χ0v) is 13.9. The molecule has 0 bridgehead atoms. The van der Waals surface area contributed by atoms with Crippen molar-refractivity contribution in [1.82, 2.24) is 4.90 Å². The Hall–Kier alpha value is -2.04. The highest BCUT2D eigenvalue weighted by Gasteiger charge is 2.62. The molecule has 24 heavy (non-hydrogen) atoms. The zero-order chi connectivity index (χ0) is 16.9. The number of hydrogen-bond donors (Lipinski definition) is 1. The van der Waals surface area contributed by atoms with Gasteiger partial charge in [0.1, 0.15) is 5.75 Å². The van der Waals surface area contributed by atoms with Gasteiger partial charge in [0.25, 0.3) is 0 Å². The summed E-state index contributed by atoms with van der Waals surface area (Å²) in [5.74, 6) is -0.344. The molecule has 0 saturated heterocycles. The van der Waals surface area contributed by atoms with Crippen LogP contribution >= 0.6 is 0 Å². The van der Waals surface area contributed by atoms with E-state index in [4.69, 9.17) is 4.74 Å². The van der Waals surface area contributed by atoms with E-state index in [0.29, 0.717) is 13.2 Å². The van der Waals surface area contributed by atoms with Crippen molar-refractivity contribution >= 4 is 11.9 Å². The summed E-state index contributed by atoms with van der Waals surface area (Å²) >= 11 is 0. The molecule has 128 valence electrons. The van der Waals surface area contributed by atoms with E-state index in [1.165, 1.54) is 0 Å². The van der Waals surface area contributed by atoms with E-state index in [1.807, 2.05) is 23.1 Å². The van der Waals surface area contributed by atoms with Crippen LogP contribution in [0.5, 0.6) is 5.75 Å². The molecule has 1 aromatic carbocycles. The molecule has 4 rings (SSSR count). The number of carbonyl (C=O) groups excluding carboxylic acids is 1. The first-order chi connectivity index (χ1) is 11.5. The van der Waals surface area contributed by atoms with Crippen LogP contribution in [0.2, 0.25) is 0 Å². The van der Waals surface area contributed by atoms with Gasteiger partial charge in [0.15, 0.2) is 0 Å². The van der Waals surface area contributed by atoms with Crippen LogP contribution in [-0.4, -0.2) is 41.1 Å². The van der Waals surface area contributed by atoms with Crippen LogP contribution in [0.1, 0.15) is 38.2 Å². The molecule has 0 radical (unpaired) electrons. The van der Waals surface area contributed by atoms with Crippen molar-refractivity contribution in [2.24, 2.45) is 11.8 Å². The minimum atomic E-state index is -0.838. The molecule has 5 heteroatoms. The monoisotopic (exact) mass is 329 g/mol. The van der Waals surface area contributed by atoms with E-state index in [2.05, 4.69) is 6.07 Å². The fourth-order valence-electron chi connectivity index (χ4n) is 4.06. The number of carboxylic acids is 1. The highest BCUT2D eigenvalue weighted by molar-refractivity contribution is 5.86. The molecular weight excluding hydrogens is 306 g/mol. The molecule has 1 amide bonds. The number of amides is 1. The third-order valence-corrected chi connectivity index (χ3v) is 5.77. The second-order valence-electron chi connectivity index (χ2n) is 7.47. The molecule has 5 nitrogen and oxygen atoms in total. The predicted molar refractivity (Wildman–Crippen MR) is 87.9 cm³/mol. The molecule has 1 unspecified atom stereocenters. The lowest BCUT2D eigenvalue weighted by atomic mass is 9.87. The van der Waals surface area contributed by atoms with Gasteiger partial charge in [-0.3, -0.25) is 9.59 Å². The van der Waals surface area contributed by atoms with Crippen LogP contribution in [0.4, 0.5) is 0 Å². The summed E-state index contributed by atoms with van der Waals surface area (Å²) in [4.78, 5) is 26.2. The number of para-hydroxylation sites is 1. The third kappa shape index (κ3) is 2.46. The van der Waals surface area contributed by atoms with Crippen LogP contribution in [0.3, 0.4) is 0 Å². The van der Waals surface area contributed by atoms with Gasteiger partial charge in [-0.1, -0.05) is 25.1 Å². The summed E-state index contributed by atoms with van der Waals surface area (Å²) in [6.07, 6.45) is 3.72. The van der Waals surface area contributed by atoms with Crippen molar-refractivity contribution in [1.29, 1.82) is 0 Å². The SMILES string of the molecule is CC(CN(C(=O)[C@@H]1C[C@]12CCOc1ccccc12)C1CC1)C(=O)O. The second kappa shape index (κ2) is 5.50. The number of carboxylic acid groups (broad SMARTS) is 1. The lowest BCUT2D eigenvalue weighted by Gasteiger charge is -2.29. The highest BCUT2D eigenvalue weighted by atomic mass is 16.5. The summed E-state index contributed by atoms with van der Waals surface area (Å²) in [5.41, 5.74) is 1.06. The minimum Gasteiger partial charge on any atom is -0.493 e. The molecule has 2 saturated carbocycles. The summed E-state index contributed by atoms with van der Waals surface area (Å²) in [6.45, 7) is 2.65. The van der Waals surface area contributed by atoms with E-state index in [1.54, 1.807) is 6.92 Å². The minimum absolute atomic E-state index is 0.0239. The average molecular weight is 329 g/mol. The van der Waals surface area contributed by atoms with Gasteiger partial charge in [-0.2, -0.15) is 0 Å². The van der Waals surface area contributed by atoms with Crippen LogP contribution in [0.15, 0.2) is 24.3 Å². The standard InChI is InChI=1S/C19H23NO4/c1-12(18(22)23)11-20(13-6-7-13)17(21)15-10-19(15)8-9-24-16-5-3-2-4-14(16)19/h2-5,12-13,15H,6-11H2,1H3,(H,22,23)/t12?,15-,19-/m0/s1. The van der Waals surface area contributed by atoms with Crippen molar-refractivity contribution in [3.05, 3.63) is 29.8 Å². The molecule has 2 fully saturated rings. The molecule has 1 heterocycles. The summed E-state index contributed by atoms with van der Waals surface area (Å²) in [6, 6.07) is 8.25. The Morgan fingerprint density at radius 2 is 2.12 bits per heavy atom. The zero-order valence-electron chi connectivity index (χ0n) is 13.9. The quantitative estimate of drug-likeness (QED) is 0.901. The Bertz CT molecular complexity index is 684. The maximum Gasteiger partial charge on any atom is 0.308 e. The first-order valence-corrected chi connectivity index (χ1v) is 8.78. The van der Waals surface area contributed by atoms with Gasteiger partial charge in [-0.05, 0) is 31.7 Å². The number of benzene rings is 1. The first kappa shape index (κ1) is 15.5.